The van der Waals surface area contributed by atoms with Crippen LogP contribution in [0, 0.1) is 0 Å². The van der Waals surface area contributed by atoms with Crippen molar-refractivity contribution >= 4 is 31.6 Å². The van der Waals surface area contributed by atoms with Crippen LogP contribution in [0.3, 0.4) is 0 Å². The van der Waals surface area contributed by atoms with Gasteiger partial charge < -0.3 is 20.6 Å². The van der Waals surface area contributed by atoms with E-state index in [4.69, 9.17) is 29.0 Å². The molecule has 0 aliphatic carbocycles. The van der Waals surface area contributed by atoms with Crippen LogP contribution >= 0.6 is 0 Å². The zero-order valence-corrected chi connectivity index (χ0v) is 11.9. The Balaban J connectivity index is 0.000000286. The highest BCUT2D eigenvalue weighted by Gasteiger charge is 1.95. The molecule has 0 heterocycles. The van der Waals surface area contributed by atoms with E-state index in [2.05, 4.69) is 0 Å². The highest BCUT2D eigenvalue weighted by atomic mass is 33.2. The van der Waals surface area contributed by atoms with E-state index in [1.165, 1.54) is 0 Å². The number of rotatable bonds is 2. The van der Waals surface area contributed by atoms with E-state index in [0.717, 1.165) is 22.5 Å². The number of nitrogen functional groups attached to an aromatic ring is 2. The number of nitrogens with two attached hydrogens (primary N) is 2. The van der Waals surface area contributed by atoms with Crippen molar-refractivity contribution in [1.82, 2.24) is 0 Å². The third kappa shape index (κ3) is 5.49. The molecule has 0 spiro atoms. The Morgan fingerprint density at radius 3 is 1.10 bits per heavy atom. The fourth-order valence-electron chi connectivity index (χ4n) is 1.35. The lowest BCUT2D eigenvalue weighted by Crippen LogP contribution is -1.94. The zero-order chi connectivity index (χ0) is 15.1. The van der Waals surface area contributed by atoms with Crippen molar-refractivity contribution in [2.45, 2.75) is 0 Å². The molecule has 0 aliphatic rings. The molecule has 0 amide bonds. The fourth-order valence-corrected chi connectivity index (χ4v) is 1.35. The second kappa shape index (κ2) is 7.75. The monoisotopic (exact) mass is 312 g/mol. The van der Waals surface area contributed by atoms with E-state index in [1.54, 1.807) is 0 Å². The molecule has 0 bridgehead atoms. The molecule has 2 aromatic rings. The quantitative estimate of drug-likeness (QED) is 0.486. The average Bonchev–Trinajstić information content (AvgIpc) is 2.41. The molecule has 0 saturated carbocycles. The van der Waals surface area contributed by atoms with E-state index >= 15 is 0 Å². The first-order valence-corrected chi connectivity index (χ1v) is 7.97. The van der Waals surface area contributed by atoms with Gasteiger partial charge in [-0.25, -0.2) is 0 Å². The SMILES string of the molecule is Nc1ccc(-c2ccc(N)cc2)cc1.O=S([O-])S(=O)[O-]. The number of hydrogen-bond acceptors (Lipinski definition) is 6. The largest absolute Gasteiger partial charge is 0.763 e. The molecular weight excluding hydrogens is 300 g/mol. The van der Waals surface area contributed by atoms with Gasteiger partial charge in [-0.05, 0) is 35.4 Å². The van der Waals surface area contributed by atoms with Gasteiger partial charge in [-0.2, -0.15) is 0 Å². The van der Waals surface area contributed by atoms with Crippen LogP contribution < -0.4 is 11.5 Å². The summed E-state index contributed by atoms with van der Waals surface area (Å²) in [4.78, 5) is 0. The van der Waals surface area contributed by atoms with Gasteiger partial charge in [0.1, 0.15) is 0 Å². The smallest absolute Gasteiger partial charge is 0.0314 e. The van der Waals surface area contributed by atoms with Crippen molar-refractivity contribution in [2.24, 2.45) is 0 Å². The summed E-state index contributed by atoms with van der Waals surface area (Å²) in [6.45, 7) is 0. The Morgan fingerprint density at radius 2 is 0.900 bits per heavy atom. The van der Waals surface area contributed by atoms with Crippen molar-refractivity contribution in [3.63, 3.8) is 0 Å². The number of benzene rings is 2. The van der Waals surface area contributed by atoms with E-state index < -0.39 is 20.2 Å². The summed E-state index contributed by atoms with van der Waals surface area (Å²) in [6, 6.07) is 15.6. The first kappa shape index (κ1) is 16.3. The minimum Gasteiger partial charge on any atom is -0.763 e. The van der Waals surface area contributed by atoms with Gasteiger partial charge in [0.05, 0.1) is 0 Å². The van der Waals surface area contributed by atoms with Gasteiger partial charge in [-0.1, -0.05) is 24.3 Å². The summed E-state index contributed by atoms with van der Waals surface area (Å²) in [5, 5.41) is 0. The molecule has 6 nitrogen and oxygen atoms in total. The van der Waals surface area contributed by atoms with Crippen molar-refractivity contribution in [3.05, 3.63) is 48.5 Å². The lowest BCUT2D eigenvalue weighted by molar-refractivity contribution is 0.520. The second-order valence-electron chi connectivity index (χ2n) is 3.65. The predicted octanol–water partition coefficient (Wildman–Crippen LogP) is 1.18. The van der Waals surface area contributed by atoms with Gasteiger partial charge in [-0.15, -0.1) is 0 Å². The number of anilines is 2. The normalized spacial score (nSPS) is 12.9. The van der Waals surface area contributed by atoms with Gasteiger partial charge in [0.15, 0.2) is 0 Å². The molecule has 0 aliphatic heterocycles. The molecule has 8 heteroatoms. The predicted molar refractivity (Wildman–Crippen MR) is 78.5 cm³/mol. The molecule has 4 N–H and O–H groups in total. The maximum atomic E-state index is 9.09. The van der Waals surface area contributed by atoms with Crippen molar-refractivity contribution in [1.29, 1.82) is 0 Å². The maximum absolute atomic E-state index is 9.09. The fraction of sp³-hybridized carbons (Fsp3) is 0. The van der Waals surface area contributed by atoms with Gasteiger partial charge in [0.25, 0.3) is 0 Å². The van der Waals surface area contributed by atoms with E-state index in [-0.39, 0.29) is 0 Å². The van der Waals surface area contributed by atoms with Gasteiger partial charge >= 0.3 is 0 Å². The summed E-state index contributed by atoms with van der Waals surface area (Å²) in [7, 11) is -5.90. The summed E-state index contributed by atoms with van der Waals surface area (Å²) >= 11 is 0. The lowest BCUT2D eigenvalue weighted by Gasteiger charge is -2.04. The van der Waals surface area contributed by atoms with Crippen LogP contribution in [0.25, 0.3) is 11.1 Å². The summed E-state index contributed by atoms with van der Waals surface area (Å²) in [5.41, 5.74) is 15.1. The molecule has 2 unspecified atom stereocenters. The van der Waals surface area contributed by atoms with Crippen LogP contribution in [0.15, 0.2) is 48.5 Å². The molecule has 20 heavy (non-hydrogen) atoms. The van der Waals surface area contributed by atoms with E-state index in [0.29, 0.717) is 0 Å². The Bertz CT molecular complexity index is 544. The van der Waals surface area contributed by atoms with Gasteiger partial charge in [-0.3, -0.25) is 8.42 Å². The topological polar surface area (TPSA) is 132 Å². The molecule has 0 aromatic heterocycles. The standard InChI is InChI=1S/C12H12N2.H2O4S2/c13-11-5-1-9(2-6-11)10-3-7-12(14)8-4-10;1-5(2)6(3)4/h1-8H,13-14H2;(H,1,2)(H,3,4)/p-2. The first-order valence-electron chi connectivity index (χ1n) is 5.30. The van der Waals surface area contributed by atoms with Gasteiger partial charge in [0, 0.05) is 31.6 Å². The average molecular weight is 312 g/mol. The van der Waals surface area contributed by atoms with Crippen molar-refractivity contribution in [2.75, 3.05) is 11.5 Å². The first-order chi connectivity index (χ1) is 9.40. The highest BCUT2D eigenvalue weighted by Crippen LogP contribution is 2.21. The molecule has 2 atom stereocenters. The lowest BCUT2D eigenvalue weighted by atomic mass is 10.1. The van der Waals surface area contributed by atoms with E-state index in [9.17, 15) is 0 Å². The Kier molecular flexibility index (Phi) is 6.32. The van der Waals surface area contributed by atoms with Crippen molar-refractivity contribution < 1.29 is 17.5 Å². The van der Waals surface area contributed by atoms with Crippen LogP contribution in [-0.2, 0) is 20.2 Å². The minimum absolute atomic E-state index is 0.782. The van der Waals surface area contributed by atoms with Crippen LogP contribution in [0.1, 0.15) is 0 Å². The summed E-state index contributed by atoms with van der Waals surface area (Å²) in [5.74, 6) is 0. The van der Waals surface area contributed by atoms with Gasteiger partial charge in [0.2, 0.25) is 0 Å². The minimum atomic E-state index is -2.95. The molecular formula is C12H12N2O4S2-2. The second-order valence-corrected chi connectivity index (χ2v) is 6.10. The molecule has 2 rings (SSSR count). The van der Waals surface area contributed by atoms with Crippen LogP contribution in [0.5, 0.6) is 0 Å². The molecule has 2 aromatic carbocycles. The third-order valence-electron chi connectivity index (χ3n) is 2.27. The number of hydrogen-bond donors (Lipinski definition) is 2. The molecule has 108 valence electrons. The van der Waals surface area contributed by atoms with Crippen LogP contribution in [-0.4, -0.2) is 17.5 Å². The Hall–Kier alpha value is -1.74. The maximum Gasteiger partial charge on any atom is 0.0314 e. The summed E-state index contributed by atoms with van der Waals surface area (Å²) in [6.07, 6.45) is 0. The highest BCUT2D eigenvalue weighted by molar-refractivity contribution is 8.56. The molecule has 0 radical (unpaired) electrons. The zero-order valence-electron chi connectivity index (χ0n) is 10.2. The third-order valence-corrected chi connectivity index (χ3v) is 3.15. The van der Waals surface area contributed by atoms with Crippen LogP contribution in [0.2, 0.25) is 0 Å². The molecule has 0 saturated heterocycles. The van der Waals surface area contributed by atoms with Crippen molar-refractivity contribution in [3.8, 4) is 11.1 Å². The van der Waals surface area contributed by atoms with Crippen LogP contribution in [0.4, 0.5) is 11.4 Å². The van der Waals surface area contributed by atoms with E-state index in [1.807, 2.05) is 48.5 Å². The Labute approximate surface area is 120 Å². The summed E-state index contributed by atoms with van der Waals surface area (Å²) < 4.78 is 36.3. The molecule has 0 fully saturated rings. The Morgan fingerprint density at radius 1 is 0.650 bits per heavy atom.